The number of aliphatic hydroxyl groups excluding tert-OH is 1. The van der Waals surface area contributed by atoms with Crippen molar-refractivity contribution in [2.75, 3.05) is 12.8 Å². The Morgan fingerprint density at radius 1 is 1.44 bits per heavy atom. The molecule has 32 heavy (non-hydrogen) atoms. The Kier molecular flexibility index (Phi) is 10.6. The van der Waals surface area contributed by atoms with Gasteiger partial charge in [-0.25, -0.2) is 9.78 Å². The molecule has 3 heterocycles. The van der Waals surface area contributed by atoms with Crippen molar-refractivity contribution in [2.24, 2.45) is 0 Å². The number of aliphatic carboxylic acids is 1. The first-order valence-corrected chi connectivity index (χ1v) is 13.2. The Balaban J connectivity index is 0.000000837. The summed E-state index contributed by atoms with van der Waals surface area (Å²) in [5.74, 6) is -0.414. The number of thioether (sulfide) groups is 2. The molecule has 2 aliphatic heterocycles. The number of nitrogens with one attached hydrogen (secondary N) is 1. The van der Waals surface area contributed by atoms with Gasteiger partial charge in [0, 0.05) is 21.6 Å². The van der Waals surface area contributed by atoms with Gasteiger partial charge < -0.3 is 20.4 Å². The normalized spacial score (nSPS) is 21.8. The van der Waals surface area contributed by atoms with E-state index in [-0.39, 0.29) is 17.1 Å². The average Bonchev–Trinajstić information content (AvgIpc) is 3.23. The monoisotopic (exact) mass is 493 g/mol. The fourth-order valence-corrected chi connectivity index (χ4v) is 6.68. The van der Waals surface area contributed by atoms with Crippen LogP contribution < -0.4 is 5.32 Å². The number of aromatic nitrogens is 1. The zero-order valence-electron chi connectivity index (χ0n) is 18.9. The van der Waals surface area contributed by atoms with Crippen molar-refractivity contribution >= 4 is 46.4 Å². The molecule has 1 fully saturated rings. The third kappa shape index (κ3) is 5.89. The molecular weight excluding hydrogens is 462 g/mol. The zero-order chi connectivity index (χ0) is 23.7. The van der Waals surface area contributed by atoms with Crippen LogP contribution in [0.4, 0.5) is 0 Å². The van der Waals surface area contributed by atoms with Crippen LogP contribution in [0.1, 0.15) is 39.3 Å². The molecule has 0 aliphatic carbocycles. The summed E-state index contributed by atoms with van der Waals surface area (Å²) in [7, 11) is 1.80. The number of rotatable bonds is 8. The lowest BCUT2D eigenvalue weighted by atomic mass is 10.0. The van der Waals surface area contributed by atoms with E-state index >= 15 is 0 Å². The van der Waals surface area contributed by atoms with E-state index in [1.54, 1.807) is 29.8 Å². The van der Waals surface area contributed by atoms with Crippen LogP contribution in [0.15, 0.2) is 63.2 Å². The Bertz CT molecular complexity index is 932. The van der Waals surface area contributed by atoms with Crippen LogP contribution in [0.25, 0.3) is 5.57 Å². The van der Waals surface area contributed by atoms with Crippen molar-refractivity contribution in [1.29, 1.82) is 0 Å². The first kappa shape index (κ1) is 26.3. The number of fused-ring (bicyclic) bond motifs is 1. The summed E-state index contributed by atoms with van der Waals surface area (Å²) >= 11 is 4.51. The molecule has 2 unspecified atom stereocenters. The highest BCUT2D eigenvalue weighted by molar-refractivity contribution is 8.07. The summed E-state index contributed by atoms with van der Waals surface area (Å²) in [4.78, 5) is 19.1. The van der Waals surface area contributed by atoms with Gasteiger partial charge in [0.05, 0.1) is 17.4 Å². The predicted octanol–water partition coefficient (Wildman–Crippen LogP) is 5.86. The maximum Gasteiger partial charge on any atom is 0.353 e. The summed E-state index contributed by atoms with van der Waals surface area (Å²) in [6, 6.07) is -0.0604. The summed E-state index contributed by atoms with van der Waals surface area (Å²) in [5.41, 5.74) is 2.57. The van der Waals surface area contributed by atoms with Gasteiger partial charge in [0.25, 0.3) is 0 Å². The van der Waals surface area contributed by atoms with Crippen LogP contribution in [0.3, 0.4) is 0 Å². The SMILES string of the molecule is C=C/C=C(\C=C/C)c1csc(SC2=C(C(=O)O)N3C(=CO)C(NC)C3SC2)n1.CCCC. The lowest BCUT2D eigenvalue weighted by Crippen LogP contribution is -2.63. The largest absolute Gasteiger partial charge is 0.514 e. The highest BCUT2D eigenvalue weighted by Gasteiger charge is 2.50. The number of hydrogen-bond donors (Lipinski definition) is 3. The lowest BCUT2D eigenvalue weighted by molar-refractivity contribution is -0.134. The maximum atomic E-state index is 12.0. The van der Waals surface area contributed by atoms with E-state index in [0.29, 0.717) is 11.4 Å². The number of carbonyl (C=O) groups is 1. The molecule has 0 radical (unpaired) electrons. The van der Waals surface area contributed by atoms with E-state index in [4.69, 9.17) is 0 Å². The smallest absolute Gasteiger partial charge is 0.353 e. The van der Waals surface area contributed by atoms with Gasteiger partial charge in [-0.2, -0.15) is 0 Å². The molecule has 1 aromatic rings. The van der Waals surface area contributed by atoms with E-state index in [1.165, 1.54) is 35.9 Å². The summed E-state index contributed by atoms with van der Waals surface area (Å²) in [5, 5.41) is 24.4. The number of thiazole rings is 1. The highest BCUT2D eigenvalue weighted by Crippen LogP contribution is 2.49. The van der Waals surface area contributed by atoms with E-state index in [0.717, 1.165) is 26.8 Å². The second-order valence-corrected chi connectivity index (χ2v) is 10.2. The molecule has 0 spiro atoms. The molecule has 6 nitrogen and oxygen atoms in total. The van der Waals surface area contributed by atoms with Crippen molar-refractivity contribution in [3.63, 3.8) is 0 Å². The fraction of sp³-hybridized carbons (Fsp3) is 0.391. The van der Waals surface area contributed by atoms with Gasteiger partial charge in [-0.1, -0.05) is 69.3 Å². The minimum atomic E-state index is -1.00. The van der Waals surface area contributed by atoms with Gasteiger partial charge in [-0.3, -0.25) is 0 Å². The van der Waals surface area contributed by atoms with Gasteiger partial charge in [0.1, 0.15) is 17.3 Å². The molecule has 1 aromatic heterocycles. The Hall–Kier alpha value is -1.94. The van der Waals surface area contributed by atoms with Gasteiger partial charge in [-0.15, -0.1) is 23.1 Å². The van der Waals surface area contributed by atoms with Crippen molar-refractivity contribution in [3.8, 4) is 0 Å². The van der Waals surface area contributed by atoms with E-state index < -0.39 is 5.97 Å². The molecule has 1 saturated heterocycles. The maximum absolute atomic E-state index is 12.0. The average molecular weight is 494 g/mol. The number of nitrogens with zero attached hydrogens (tertiary/aromatic N) is 2. The first-order valence-electron chi connectivity index (χ1n) is 10.4. The second-order valence-electron chi connectivity index (χ2n) is 6.93. The molecule has 3 N–H and O–H groups in total. The van der Waals surface area contributed by atoms with Gasteiger partial charge in [-0.05, 0) is 14.0 Å². The number of allylic oxidation sites excluding steroid dienone is 5. The second kappa shape index (κ2) is 12.9. The number of likely N-dealkylation sites (N-methyl/N-ethyl adjacent to an activating group) is 1. The van der Waals surface area contributed by atoms with Crippen LogP contribution in [0.5, 0.6) is 0 Å². The van der Waals surface area contributed by atoms with E-state index in [9.17, 15) is 15.0 Å². The quantitative estimate of drug-likeness (QED) is 0.307. The number of carboxylic acids is 1. The van der Waals surface area contributed by atoms with Gasteiger partial charge in [0.2, 0.25) is 0 Å². The molecule has 0 aromatic carbocycles. The predicted molar refractivity (Wildman–Crippen MR) is 138 cm³/mol. The summed E-state index contributed by atoms with van der Waals surface area (Å²) in [6.07, 6.45) is 11.1. The van der Waals surface area contributed by atoms with Crippen LogP contribution in [0, 0.1) is 0 Å². The topological polar surface area (TPSA) is 85.7 Å². The van der Waals surface area contributed by atoms with Crippen molar-refractivity contribution in [1.82, 2.24) is 15.2 Å². The summed E-state index contributed by atoms with van der Waals surface area (Å²) < 4.78 is 0.780. The number of unbranched alkanes of at least 4 members (excludes halogenated alkanes) is 1. The number of hydrogen-bond acceptors (Lipinski definition) is 8. The third-order valence-electron chi connectivity index (χ3n) is 4.81. The number of carboxylic acid groups (broad SMARTS) is 1. The van der Waals surface area contributed by atoms with Crippen LogP contribution in [-0.4, -0.2) is 50.3 Å². The van der Waals surface area contributed by atoms with Crippen molar-refractivity contribution < 1.29 is 15.0 Å². The molecule has 2 aliphatic rings. The molecule has 3 rings (SSSR count). The molecule has 9 heteroatoms. The minimum absolute atomic E-state index is 0.0393. The fourth-order valence-electron chi connectivity index (χ4n) is 3.11. The van der Waals surface area contributed by atoms with Gasteiger partial charge in [0.15, 0.2) is 4.34 Å². The Morgan fingerprint density at radius 2 is 2.16 bits per heavy atom. The summed E-state index contributed by atoms with van der Waals surface area (Å²) in [6.45, 7) is 10.0. The lowest BCUT2D eigenvalue weighted by Gasteiger charge is -2.52. The van der Waals surface area contributed by atoms with Crippen LogP contribution in [0.2, 0.25) is 0 Å². The Morgan fingerprint density at radius 3 is 2.69 bits per heavy atom. The standard InChI is InChI=1S/C19H21N3O3S3.C4H10/c1-4-6-11(7-5-2)12-9-27-19(21-12)28-14-10-26-17-15(20-3)13(8-23)22(17)16(14)18(24)25;1-3-4-2/h4-9,15,17,20,23H,1,10H2,2-3H3,(H,24,25);3-4H2,1-2H3/b7-5-,11-6+,13-8?;. The van der Waals surface area contributed by atoms with Gasteiger partial charge >= 0.3 is 5.97 Å². The van der Waals surface area contributed by atoms with Crippen LogP contribution in [-0.2, 0) is 4.79 Å². The van der Waals surface area contributed by atoms with Crippen molar-refractivity contribution in [2.45, 2.75) is 49.4 Å². The molecule has 0 amide bonds. The van der Waals surface area contributed by atoms with Crippen molar-refractivity contribution in [3.05, 3.63) is 64.5 Å². The highest BCUT2D eigenvalue weighted by atomic mass is 32.2. The van der Waals surface area contributed by atoms with E-state index in [2.05, 4.69) is 30.7 Å². The first-order chi connectivity index (χ1) is 15.5. The number of aliphatic hydroxyl groups is 1. The molecule has 2 atom stereocenters. The molecule has 0 saturated carbocycles. The molecule has 174 valence electrons. The van der Waals surface area contributed by atoms with Crippen LogP contribution >= 0.6 is 34.9 Å². The Labute approximate surface area is 202 Å². The zero-order valence-corrected chi connectivity index (χ0v) is 21.3. The molecule has 0 bridgehead atoms. The third-order valence-corrected chi connectivity index (χ3v) is 8.29. The molecular formula is C23H31N3O3S3. The minimum Gasteiger partial charge on any atom is -0.514 e. The van der Waals surface area contributed by atoms with E-state index in [1.807, 2.05) is 30.5 Å².